The molecule has 1 aromatic carbocycles. The summed E-state index contributed by atoms with van der Waals surface area (Å²) in [4.78, 5) is 5.16. The van der Waals surface area contributed by atoms with Gasteiger partial charge in [-0.15, -0.1) is 13.2 Å². The highest BCUT2D eigenvalue weighted by Gasteiger charge is 2.25. The Balaban J connectivity index is 2.21. The monoisotopic (exact) mass is 395 g/mol. The van der Waals surface area contributed by atoms with Crippen molar-refractivity contribution in [3.63, 3.8) is 0 Å². The third-order valence-corrected chi connectivity index (χ3v) is 5.78. The number of fused-ring (bicyclic) bond motifs is 1. The largest absolute Gasteiger partial charge is 0.277 e. The molecule has 1 aromatic rings. The fraction of sp³-hybridized carbons (Fsp3) is 0.276. The lowest BCUT2D eigenvalue weighted by molar-refractivity contribution is 0.640. The van der Waals surface area contributed by atoms with Crippen LogP contribution in [0, 0.1) is 11.8 Å². The summed E-state index contributed by atoms with van der Waals surface area (Å²) in [5.74, 6) is 0.733. The van der Waals surface area contributed by atoms with Gasteiger partial charge in [0.25, 0.3) is 0 Å². The van der Waals surface area contributed by atoms with E-state index in [1.165, 1.54) is 27.8 Å². The molecule has 2 aliphatic carbocycles. The molecule has 3 rings (SSSR count). The summed E-state index contributed by atoms with van der Waals surface area (Å²) >= 11 is 0. The van der Waals surface area contributed by atoms with Crippen molar-refractivity contribution in [2.24, 2.45) is 16.8 Å². The molecule has 0 saturated carbocycles. The quantitative estimate of drug-likeness (QED) is 0.420. The summed E-state index contributed by atoms with van der Waals surface area (Å²) in [6.45, 7) is 14.5. The van der Waals surface area contributed by atoms with Crippen LogP contribution >= 0.6 is 0 Å². The van der Waals surface area contributed by atoms with Crippen LogP contribution in [-0.2, 0) is 0 Å². The molecule has 0 bridgehead atoms. The van der Waals surface area contributed by atoms with Crippen LogP contribution in [0.4, 0.5) is 0 Å². The van der Waals surface area contributed by atoms with E-state index in [0.717, 1.165) is 18.6 Å². The van der Waals surface area contributed by atoms with Crippen molar-refractivity contribution in [3.05, 3.63) is 114 Å². The molecule has 0 N–H and O–H groups in total. The van der Waals surface area contributed by atoms with E-state index in [0.29, 0.717) is 5.92 Å². The minimum Gasteiger partial charge on any atom is -0.277 e. The number of benzene rings is 1. The average molecular weight is 396 g/mol. The minimum atomic E-state index is 0.119. The molecular weight excluding hydrogens is 362 g/mol. The molecule has 0 aliphatic heterocycles. The van der Waals surface area contributed by atoms with E-state index in [2.05, 4.69) is 93.8 Å². The predicted octanol–water partition coefficient (Wildman–Crippen LogP) is 7.66. The zero-order chi connectivity index (χ0) is 21.5. The Morgan fingerprint density at radius 3 is 2.73 bits per heavy atom. The number of allylic oxidation sites excluding steroid dienone is 10. The lowest BCUT2D eigenvalue weighted by Gasteiger charge is -2.27. The van der Waals surface area contributed by atoms with Crippen LogP contribution in [0.2, 0.25) is 0 Å². The third-order valence-electron chi connectivity index (χ3n) is 5.78. The second-order valence-electron chi connectivity index (χ2n) is 8.08. The molecule has 3 unspecified atom stereocenters. The van der Waals surface area contributed by atoms with E-state index in [9.17, 15) is 0 Å². The summed E-state index contributed by atoms with van der Waals surface area (Å²) in [6, 6.07) is 8.66. The Labute approximate surface area is 182 Å². The number of hydrogen-bond acceptors (Lipinski definition) is 1. The van der Waals surface area contributed by atoms with Crippen LogP contribution in [0.1, 0.15) is 44.7 Å². The highest BCUT2D eigenvalue weighted by atomic mass is 14.8. The summed E-state index contributed by atoms with van der Waals surface area (Å²) in [5, 5.41) is 0. The Hall–Kier alpha value is -2.93. The van der Waals surface area contributed by atoms with Crippen LogP contribution in [-0.4, -0.2) is 11.8 Å². The summed E-state index contributed by atoms with van der Waals surface area (Å²) in [7, 11) is 0. The van der Waals surface area contributed by atoms with Crippen LogP contribution in [0.15, 0.2) is 108 Å². The molecule has 1 nitrogen and oxygen atoms in total. The molecule has 0 amide bonds. The molecule has 1 heteroatoms. The van der Waals surface area contributed by atoms with Gasteiger partial charge in [-0.3, -0.25) is 4.99 Å². The van der Waals surface area contributed by atoms with Gasteiger partial charge in [0.2, 0.25) is 0 Å². The average Bonchev–Trinajstić information content (AvgIpc) is 2.76. The Kier molecular flexibility index (Phi) is 7.41. The molecule has 0 aromatic heterocycles. The molecule has 0 heterocycles. The maximum Gasteiger partial charge on any atom is 0.0735 e. The zero-order valence-corrected chi connectivity index (χ0v) is 18.5. The molecule has 0 fully saturated rings. The van der Waals surface area contributed by atoms with Crippen molar-refractivity contribution in [1.29, 1.82) is 0 Å². The second kappa shape index (κ2) is 10.2. The van der Waals surface area contributed by atoms with Gasteiger partial charge in [0.05, 0.1) is 11.8 Å². The van der Waals surface area contributed by atoms with Crippen molar-refractivity contribution < 1.29 is 0 Å². The first kappa shape index (κ1) is 21.8. The molecule has 2 aliphatic rings. The first-order chi connectivity index (χ1) is 14.6. The molecule has 3 atom stereocenters. The van der Waals surface area contributed by atoms with Gasteiger partial charge in [-0.05, 0) is 55.2 Å². The molecule has 30 heavy (non-hydrogen) atoms. The van der Waals surface area contributed by atoms with Crippen LogP contribution < -0.4 is 0 Å². The van der Waals surface area contributed by atoms with E-state index in [1.54, 1.807) is 0 Å². The predicted molar refractivity (Wildman–Crippen MR) is 133 cm³/mol. The number of hydrogen-bond donors (Lipinski definition) is 0. The van der Waals surface area contributed by atoms with Crippen molar-refractivity contribution in [2.45, 2.75) is 39.7 Å². The van der Waals surface area contributed by atoms with Crippen molar-refractivity contribution >= 4 is 11.8 Å². The van der Waals surface area contributed by atoms with Crippen LogP contribution in [0.25, 0.3) is 6.08 Å². The van der Waals surface area contributed by atoms with Gasteiger partial charge in [0.15, 0.2) is 0 Å². The fourth-order valence-corrected chi connectivity index (χ4v) is 4.29. The van der Waals surface area contributed by atoms with E-state index in [1.807, 2.05) is 19.1 Å². The minimum absolute atomic E-state index is 0.119. The van der Waals surface area contributed by atoms with Gasteiger partial charge in [0.1, 0.15) is 0 Å². The smallest absolute Gasteiger partial charge is 0.0735 e. The van der Waals surface area contributed by atoms with Crippen molar-refractivity contribution in [3.8, 4) is 0 Å². The lowest BCUT2D eigenvalue weighted by atomic mass is 9.78. The SMILES string of the molecule is C=CCC1C=CC=C(/C(=C2\C=Cc3ccccc3\C2=N\C(C)/C=C/C)C(C)C=C)C1. The van der Waals surface area contributed by atoms with Gasteiger partial charge < -0.3 is 0 Å². The van der Waals surface area contributed by atoms with E-state index >= 15 is 0 Å². The zero-order valence-electron chi connectivity index (χ0n) is 18.5. The Morgan fingerprint density at radius 1 is 1.20 bits per heavy atom. The molecule has 0 radical (unpaired) electrons. The first-order valence-corrected chi connectivity index (χ1v) is 10.9. The van der Waals surface area contributed by atoms with Crippen molar-refractivity contribution in [1.82, 2.24) is 0 Å². The van der Waals surface area contributed by atoms with Gasteiger partial charge in [0, 0.05) is 11.1 Å². The summed E-state index contributed by atoms with van der Waals surface area (Å²) in [5.41, 5.74) is 7.44. The lowest BCUT2D eigenvalue weighted by Crippen LogP contribution is -2.18. The van der Waals surface area contributed by atoms with E-state index in [4.69, 9.17) is 4.99 Å². The summed E-state index contributed by atoms with van der Waals surface area (Å²) < 4.78 is 0. The van der Waals surface area contributed by atoms with Crippen molar-refractivity contribution in [2.75, 3.05) is 0 Å². The summed E-state index contributed by atoms with van der Waals surface area (Å²) in [6.07, 6.45) is 21.5. The normalized spacial score (nSPS) is 23.1. The maximum absolute atomic E-state index is 5.16. The molecule has 0 saturated heterocycles. The third kappa shape index (κ3) is 4.79. The number of aliphatic imine (C=N–C) groups is 1. The highest BCUT2D eigenvalue weighted by Crippen LogP contribution is 2.37. The van der Waals surface area contributed by atoms with Gasteiger partial charge in [-0.2, -0.15) is 0 Å². The highest BCUT2D eigenvalue weighted by molar-refractivity contribution is 6.19. The second-order valence-corrected chi connectivity index (χ2v) is 8.08. The van der Waals surface area contributed by atoms with Crippen LogP contribution in [0.3, 0.4) is 0 Å². The molecule has 0 spiro atoms. The molecule has 154 valence electrons. The van der Waals surface area contributed by atoms with Crippen LogP contribution in [0.5, 0.6) is 0 Å². The van der Waals surface area contributed by atoms with E-state index in [-0.39, 0.29) is 12.0 Å². The standard InChI is InChI=1S/C29H33N/c1-6-12-22(5)30-29-26-17-10-9-15-24(26)18-19-27(29)28(21(4)8-3)25-16-11-14-23(20-25)13-7-2/h6-12,14-19,21-23H,2-3,13,20H2,1,4-5H3/b12-6+,28-27+,30-29-. The van der Waals surface area contributed by atoms with E-state index < -0.39 is 0 Å². The van der Waals surface area contributed by atoms with Gasteiger partial charge >= 0.3 is 0 Å². The van der Waals surface area contributed by atoms with Gasteiger partial charge in [-0.1, -0.05) is 85.9 Å². The number of nitrogens with zero attached hydrogens (tertiary/aromatic N) is 1. The Morgan fingerprint density at radius 2 is 2.00 bits per heavy atom. The molecular formula is C29H33N. The Bertz CT molecular complexity index is 977. The van der Waals surface area contributed by atoms with Gasteiger partial charge in [-0.25, -0.2) is 0 Å². The first-order valence-electron chi connectivity index (χ1n) is 10.9. The number of rotatable bonds is 7. The maximum atomic E-state index is 5.16. The topological polar surface area (TPSA) is 12.4 Å². The fourth-order valence-electron chi connectivity index (χ4n) is 4.29.